The molecular formula is C13H12ClN5O2. The predicted octanol–water partition coefficient (Wildman–Crippen LogP) is 2.07. The second kappa shape index (κ2) is 5.10. The van der Waals surface area contributed by atoms with Crippen molar-refractivity contribution in [1.29, 1.82) is 0 Å². The summed E-state index contributed by atoms with van der Waals surface area (Å²) in [4.78, 5) is 8.50. The maximum absolute atomic E-state index is 6.14. The van der Waals surface area contributed by atoms with Gasteiger partial charge in [-0.3, -0.25) is 0 Å². The molecule has 0 amide bonds. The number of hydrogen-bond donors (Lipinski definition) is 1. The number of halogens is 1. The molecule has 0 atom stereocenters. The lowest BCUT2D eigenvalue weighted by Gasteiger charge is -2.07. The van der Waals surface area contributed by atoms with Crippen molar-refractivity contribution < 1.29 is 9.47 Å². The van der Waals surface area contributed by atoms with Gasteiger partial charge in [-0.05, 0) is 18.2 Å². The molecule has 0 bridgehead atoms. The molecule has 0 radical (unpaired) electrons. The van der Waals surface area contributed by atoms with E-state index >= 15 is 0 Å². The predicted molar refractivity (Wildman–Crippen MR) is 79.2 cm³/mol. The monoisotopic (exact) mass is 305 g/mol. The molecule has 1 aromatic carbocycles. The molecule has 3 rings (SSSR count). The van der Waals surface area contributed by atoms with Gasteiger partial charge < -0.3 is 15.2 Å². The molecule has 2 aromatic heterocycles. The number of methoxy groups -OCH3 is 2. The van der Waals surface area contributed by atoms with Crippen LogP contribution in [-0.4, -0.2) is 34.0 Å². The second-order valence-electron chi connectivity index (χ2n) is 4.23. The van der Waals surface area contributed by atoms with Gasteiger partial charge in [0.25, 0.3) is 5.95 Å². The van der Waals surface area contributed by atoms with Crippen LogP contribution in [0.25, 0.3) is 16.9 Å². The number of anilines is 1. The average Bonchev–Trinajstić information content (AvgIpc) is 2.83. The molecule has 2 heterocycles. The molecule has 7 nitrogen and oxygen atoms in total. The minimum Gasteiger partial charge on any atom is -0.481 e. The summed E-state index contributed by atoms with van der Waals surface area (Å²) in [5.41, 5.74) is 7.11. The first kappa shape index (κ1) is 13.4. The molecule has 0 aliphatic rings. The minimum absolute atomic E-state index is 0.286. The summed E-state index contributed by atoms with van der Waals surface area (Å²) in [6, 6.07) is 6.88. The van der Waals surface area contributed by atoms with E-state index in [0.717, 1.165) is 5.39 Å². The third-order valence-electron chi connectivity index (χ3n) is 2.94. The zero-order chi connectivity index (χ0) is 15.0. The maximum atomic E-state index is 6.14. The van der Waals surface area contributed by atoms with Crippen molar-refractivity contribution in [3.8, 4) is 17.7 Å². The van der Waals surface area contributed by atoms with E-state index in [1.54, 1.807) is 24.3 Å². The number of nitrogens with two attached hydrogens (primary N) is 1. The van der Waals surface area contributed by atoms with Crippen LogP contribution in [0, 0.1) is 0 Å². The molecule has 8 heteroatoms. The summed E-state index contributed by atoms with van der Waals surface area (Å²) in [5, 5.41) is 5.35. The fourth-order valence-corrected chi connectivity index (χ4v) is 2.18. The quantitative estimate of drug-likeness (QED) is 0.745. The van der Waals surface area contributed by atoms with Crippen LogP contribution in [-0.2, 0) is 0 Å². The van der Waals surface area contributed by atoms with Crippen LogP contribution in [0.2, 0.25) is 5.15 Å². The molecule has 0 unspecified atom stereocenters. The summed E-state index contributed by atoms with van der Waals surface area (Å²) in [6.07, 6.45) is 0. The minimum atomic E-state index is 0.286. The molecule has 0 aliphatic heterocycles. The summed E-state index contributed by atoms with van der Waals surface area (Å²) < 4.78 is 11.8. The lowest BCUT2D eigenvalue weighted by Crippen LogP contribution is -2.05. The van der Waals surface area contributed by atoms with Gasteiger partial charge in [0.2, 0.25) is 11.8 Å². The first-order valence-electron chi connectivity index (χ1n) is 6.03. The Morgan fingerprint density at radius 3 is 2.38 bits per heavy atom. The number of ether oxygens (including phenoxy) is 2. The first-order valence-corrected chi connectivity index (χ1v) is 6.41. The summed E-state index contributed by atoms with van der Waals surface area (Å²) >= 11 is 6.14. The van der Waals surface area contributed by atoms with Gasteiger partial charge in [-0.1, -0.05) is 11.6 Å². The Morgan fingerprint density at radius 1 is 1.10 bits per heavy atom. The van der Waals surface area contributed by atoms with Crippen LogP contribution in [0.1, 0.15) is 0 Å². The summed E-state index contributed by atoms with van der Waals surface area (Å²) in [5.74, 6) is 1.01. The summed E-state index contributed by atoms with van der Waals surface area (Å²) in [6.45, 7) is 0. The zero-order valence-corrected chi connectivity index (χ0v) is 12.1. The van der Waals surface area contributed by atoms with E-state index in [9.17, 15) is 0 Å². The van der Waals surface area contributed by atoms with Gasteiger partial charge in [-0.25, -0.2) is 0 Å². The Hall–Kier alpha value is -2.54. The smallest absolute Gasteiger partial charge is 0.257 e. The highest BCUT2D eigenvalue weighted by molar-refractivity contribution is 6.34. The zero-order valence-electron chi connectivity index (χ0n) is 11.4. The highest BCUT2D eigenvalue weighted by Crippen LogP contribution is 2.27. The molecule has 2 N–H and O–H groups in total. The lowest BCUT2D eigenvalue weighted by molar-refractivity contribution is 0.370. The van der Waals surface area contributed by atoms with Gasteiger partial charge in [0, 0.05) is 11.1 Å². The van der Waals surface area contributed by atoms with Crippen LogP contribution < -0.4 is 15.2 Å². The average molecular weight is 306 g/mol. The van der Waals surface area contributed by atoms with E-state index in [-0.39, 0.29) is 5.95 Å². The van der Waals surface area contributed by atoms with E-state index in [1.807, 2.05) is 0 Å². The molecule has 0 fully saturated rings. The van der Waals surface area contributed by atoms with Gasteiger partial charge in [0.15, 0.2) is 5.15 Å². The van der Waals surface area contributed by atoms with Gasteiger partial charge in [0.05, 0.1) is 25.8 Å². The van der Waals surface area contributed by atoms with Crippen molar-refractivity contribution in [2.75, 3.05) is 20.0 Å². The van der Waals surface area contributed by atoms with Crippen LogP contribution in [0.4, 0.5) is 5.69 Å². The molecule has 0 aliphatic carbocycles. The SMILES string of the molecule is COc1cc(OC)nc(-n2nc(Cl)c3ccc(N)cc32)n1. The van der Waals surface area contributed by atoms with Crippen LogP contribution >= 0.6 is 11.6 Å². The van der Waals surface area contributed by atoms with Gasteiger partial charge in [-0.2, -0.15) is 19.7 Å². The van der Waals surface area contributed by atoms with E-state index < -0.39 is 0 Å². The molecule has 0 spiro atoms. The number of nitrogen functional groups attached to an aromatic ring is 1. The lowest BCUT2D eigenvalue weighted by atomic mass is 10.2. The van der Waals surface area contributed by atoms with Crippen molar-refractivity contribution >= 4 is 28.2 Å². The normalized spacial score (nSPS) is 10.8. The molecule has 0 saturated heterocycles. The van der Waals surface area contributed by atoms with Gasteiger partial charge in [-0.15, -0.1) is 0 Å². The Kier molecular flexibility index (Phi) is 3.26. The van der Waals surface area contributed by atoms with Crippen molar-refractivity contribution in [2.24, 2.45) is 0 Å². The number of rotatable bonds is 3. The number of benzene rings is 1. The third kappa shape index (κ3) is 2.31. The van der Waals surface area contributed by atoms with Crippen LogP contribution in [0.5, 0.6) is 11.8 Å². The van der Waals surface area contributed by atoms with Gasteiger partial charge in [0.1, 0.15) is 0 Å². The van der Waals surface area contributed by atoms with Crippen molar-refractivity contribution in [3.05, 3.63) is 29.4 Å². The van der Waals surface area contributed by atoms with Crippen LogP contribution in [0.15, 0.2) is 24.3 Å². The van der Waals surface area contributed by atoms with Crippen molar-refractivity contribution in [1.82, 2.24) is 19.7 Å². The maximum Gasteiger partial charge on any atom is 0.257 e. The summed E-state index contributed by atoms with van der Waals surface area (Å²) in [7, 11) is 3.02. The van der Waals surface area contributed by atoms with E-state index in [2.05, 4.69) is 15.1 Å². The molecular weight excluding hydrogens is 294 g/mol. The van der Waals surface area contributed by atoms with Crippen LogP contribution in [0.3, 0.4) is 0 Å². The molecule has 21 heavy (non-hydrogen) atoms. The molecule has 3 aromatic rings. The first-order chi connectivity index (χ1) is 10.1. The standard InChI is InChI=1S/C13H12ClN5O2/c1-20-10-6-11(21-2)17-13(16-10)19-9-5-7(15)3-4-8(9)12(14)18-19/h3-6H,15H2,1-2H3. The second-order valence-corrected chi connectivity index (χ2v) is 4.59. The van der Waals surface area contributed by atoms with Crippen molar-refractivity contribution in [2.45, 2.75) is 0 Å². The van der Waals surface area contributed by atoms with E-state index in [1.165, 1.54) is 18.9 Å². The highest BCUT2D eigenvalue weighted by atomic mass is 35.5. The largest absolute Gasteiger partial charge is 0.481 e. The Labute approximate surface area is 125 Å². The Morgan fingerprint density at radius 2 is 1.76 bits per heavy atom. The van der Waals surface area contributed by atoms with Crippen molar-refractivity contribution in [3.63, 3.8) is 0 Å². The number of nitrogens with zero attached hydrogens (tertiary/aromatic N) is 4. The van der Waals surface area contributed by atoms with E-state index in [4.69, 9.17) is 26.8 Å². The topological polar surface area (TPSA) is 88.1 Å². The fraction of sp³-hybridized carbons (Fsp3) is 0.154. The van der Waals surface area contributed by atoms with E-state index in [0.29, 0.717) is 28.1 Å². The number of aromatic nitrogens is 4. The fourth-order valence-electron chi connectivity index (χ4n) is 1.94. The molecule has 0 saturated carbocycles. The molecule has 108 valence electrons. The third-order valence-corrected chi connectivity index (χ3v) is 3.21. The number of hydrogen-bond acceptors (Lipinski definition) is 6. The number of fused-ring (bicyclic) bond motifs is 1. The Balaban J connectivity index is 2.27. The Bertz CT molecular complexity index is 795. The van der Waals surface area contributed by atoms with Gasteiger partial charge >= 0.3 is 0 Å². The highest BCUT2D eigenvalue weighted by Gasteiger charge is 2.14.